The van der Waals surface area contributed by atoms with Gasteiger partial charge in [-0.3, -0.25) is 9.42 Å². The molecule has 0 saturated carbocycles. The number of ether oxygens (including phenoxy) is 3. The Morgan fingerprint density at radius 1 is 0.837 bits per heavy atom. The minimum absolute atomic E-state index is 0.153. The molecule has 3 aromatic rings. The molecule has 2 atom stereocenters. The molecule has 43 heavy (non-hydrogen) atoms. The second-order valence-electron chi connectivity index (χ2n) is 10.6. The third-order valence-electron chi connectivity index (χ3n) is 6.86. The van der Waals surface area contributed by atoms with E-state index in [0.29, 0.717) is 25.5 Å². The lowest BCUT2D eigenvalue weighted by Crippen LogP contribution is -2.30. The lowest BCUT2D eigenvalue weighted by atomic mass is 10.1. The van der Waals surface area contributed by atoms with Crippen molar-refractivity contribution in [1.29, 1.82) is 0 Å². The van der Waals surface area contributed by atoms with Crippen LogP contribution in [0, 0.1) is 0 Å². The van der Waals surface area contributed by atoms with E-state index >= 15 is 0 Å². The van der Waals surface area contributed by atoms with Gasteiger partial charge in [0.15, 0.2) is 12.7 Å². The van der Waals surface area contributed by atoms with Gasteiger partial charge in [0.05, 0.1) is 18.6 Å². The molecule has 10 heteroatoms. The molecule has 1 aromatic heterocycles. The van der Waals surface area contributed by atoms with Gasteiger partial charge >= 0.3 is 7.82 Å². The summed E-state index contributed by atoms with van der Waals surface area (Å²) < 4.78 is 42.7. The fraction of sp³-hybridized carbons (Fsp3) is 0.545. The summed E-state index contributed by atoms with van der Waals surface area (Å²) in [7, 11) is -4.37. The summed E-state index contributed by atoms with van der Waals surface area (Å²) in [6.07, 6.45) is 14.4. The first-order valence-electron chi connectivity index (χ1n) is 15.6. The van der Waals surface area contributed by atoms with E-state index in [1.54, 1.807) is 29.5 Å². The van der Waals surface area contributed by atoms with E-state index in [9.17, 15) is 9.46 Å². The summed E-state index contributed by atoms with van der Waals surface area (Å²) in [6.45, 7) is 5.84. The van der Waals surface area contributed by atoms with E-state index in [-0.39, 0.29) is 19.0 Å². The molecule has 0 aliphatic rings. The van der Waals surface area contributed by atoms with Crippen LogP contribution in [0.25, 0.3) is 0 Å². The van der Waals surface area contributed by atoms with Gasteiger partial charge in [-0.25, -0.2) is 4.57 Å². The van der Waals surface area contributed by atoms with Gasteiger partial charge in [0, 0.05) is 12.2 Å². The van der Waals surface area contributed by atoms with Crippen molar-refractivity contribution in [1.82, 2.24) is 0 Å². The van der Waals surface area contributed by atoms with E-state index < -0.39 is 13.9 Å². The molecule has 0 amide bonds. The SMILES string of the molecule is CCCCCCCCCCCCOc1ccc(OCC(COP(=O)(O)Oc2cccc(C[n+]3ccsc3)c2)OCC)cc1. The Balaban J connectivity index is 1.33. The summed E-state index contributed by atoms with van der Waals surface area (Å²) in [6, 6.07) is 14.5. The van der Waals surface area contributed by atoms with Gasteiger partial charge in [-0.15, -0.1) is 0 Å². The number of thiazole rings is 1. The normalized spacial score (nSPS) is 13.4. The first kappa shape index (κ1) is 35.1. The largest absolute Gasteiger partial charge is 0.527 e. The van der Waals surface area contributed by atoms with Crippen molar-refractivity contribution < 1.29 is 37.3 Å². The van der Waals surface area contributed by atoms with Gasteiger partial charge < -0.3 is 18.7 Å². The molecule has 8 nitrogen and oxygen atoms in total. The summed E-state index contributed by atoms with van der Waals surface area (Å²) >= 11 is 1.60. The smallest absolute Gasteiger partial charge is 0.494 e. The molecule has 0 saturated heterocycles. The Bertz CT molecular complexity index is 1180. The van der Waals surface area contributed by atoms with Crippen molar-refractivity contribution in [3.05, 3.63) is 71.2 Å². The number of unbranched alkanes of at least 4 members (excludes halogenated alkanes) is 9. The quantitative estimate of drug-likeness (QED) is 0.0602. The van der Waals surface area contributed by atoms with E-state index in [2.05, 4.69) is 6.92 Å². The molecule has 0 radical (unpaired) electrons. The molecule has 0 fully saturated rings. The first-order valence-corrected chi connectivity index (χ1v) is 18.1. The highest BCUT2D eigenvalue weighted by Gasteiger charge is 2.26. The van der Waals surface area contributed by atoms with Gasteiger partial charge in [-0.05, 0) is 49.7 Å². The Kier molecular flexibility index (Phi) is 16.7. The second kappa shape index (κ2) is 20.5. The highest BCUT2D eigenvalue weighted by molar-refractivity contribution is 7.47. The standard InChI is InChI=1S/C33H48NO7PS/c1-3-5-6-7-8-9-10-11-12-13-22-38-30-17-19-31(20-18-30)39-26-33(37-4-2)27-40-42(35,36)41-32-16-14-15-29(24-32)25-34-21-23-43-28-34/h14-21,23-24,28,33H,3-13,22,25-27H2,1-2H3/p+1. The topological polar surface area (TPSA) is 87.3 Å². The molecule has 1 heterocycles. The monoisotopic (exact) mass is 634 g/mol. The van der Waals surface area contributed by atoms with Gasteiger partial charge in [0.2, 0.25) is 5.51 Å². The number of phosphoric ester groups is 1. The predicted molar refractivity (Wildman–Crippen MR) is 171 cm³/mol. The molecule has 1 N–H and O–H groups in total. The Hall–Kier alpha value is -2.42. The first-order chi connectivity index (χ1) is 21.0. The molecule has 2 aromatic carbocycles. The minimum atomic E-state index is -4.37. The summed E-state index contributed by atoms with van der Waals surface area (Å²) in [5.41, 5.74) is 2.93. The van der Waals surface area contributed by atoms with E-state index in [0.717, 1.165) is 17.7 Å². The van der Waals surface area contributed by atoms with Crippen LogP contribution in [0.15, 0.2) is 65.6 Å². The van der Waals surface area contributed by atoms with Crippen LogP contribution in [0.3, 0.4) is 0 Å². The number of rotatable bonds is 24. The van der Waals surface area contributed by atoms with Gasteiger partial charge in [-0.1, -0.05) is 88.2 Å². The Labute approximate surface area is 261 Å². The number of hydrogen-bond donors (Lipinski definition) is 1. The molecule has 0 bridgehead atoms. The van der Waals surface area contributed by atoms with Crippen LogP contribution in [-0.4, -0.2) is 37.4 Å². The van der Waals surface area contributed by atoms with Gasteiger partial charge in [0.25, 0.3) is 0 Å². The molecule has 238 valence electrons. The molecular formula is C33H49NO7PS+. The van der Waals surface area contributed by atoms with Crippen LogP contribution < -0.4 is 18.6 Å². The molecule has 0 aliphatic heterocycles. The van der Waals surface area contributed by atoms with Gasteiger partial charge in [0.1, 0.15) is 30.0 Å². The van der Waals surface area contributed by atoms with Crippen LogP contribution in [0.4, 0.5) is 0 Å². The van der Waals surface area contributed by atoms with Crippen molar-refractivity contribution in [2.24, 2.45) is 0 Å². The predicted octanol–water partition coefficient (Wildman–Crippen LogP) is 8.36. The summed E-state index contributed by atoms with van der Waals surface area (Å²) in [5.74, 6) is 1.72. The van der Waals surface area contributed by atoms with Crippen molar-refractivity contribution in [3.63, 3.8) is 0 Å². The van der Waals surface area contributed by atoms with Crippen molar-refractivity contribution in [3.8, 4) is 17.2 Å². The van der Waals surface area contributed by atoms with Crippen molar-refractivity contribution >= 4 is 19.2 Å². The third kappa shape index (κ3) is 15.2. The number of benzene rings is 2. The summed E-state index contributed by atoms with van der Waals surface area (Å²) in [4.78, 5) is 10.3. The lowest BCUT2D eigenvalue weighted by Gasteiger charge is -2.20. The fourth-order valence-corrected chi connectivity index (χ4v) is 5.97. The van der Waals surface area contributed by atoms with Crippen LogP contribution in [0.2, 0.25) is 0 Å². The zero-order valence-corrected chi connectivity index (χ0v) is 27.4. The van der Waals surface area contributed by atoms with Crippen LogP contribution in [0.5, 0.6) is 17.2 Å². The van der Waals surface area contributed by atoms with Crippen molar-refractivity contribution in [2.75, 3.05) is 26.4 Å². The Morgan fingerprint density at radius 3 is 2.16 bits per heavy atom. The minimum Gasteiger partial charge on any atom is -0.494 e. The van der Waals surface area contributed by atoms with Crippen LogP contribution in [0.1, 0.15) is 83.6 Å². The molecule has 0 spiro atoms. The maximum Gasteiger partial charge on any atom is 0.527 e. The third-order valence-corrected chi connectivity index (χ3v) is 8.45. The van der Waals surface area contributed by atoms with E-state index in [1.165, 1.54) is 57.8 Å². The number of nitrogens with zero attached hydrogens (tertiary/aromatic N) is 1. The van der Waals surface area contributed by atoms with Crippen molar-refractivity contribution in [2.45, 2.75) is 90.7 Å². The molecule has 0 aliphatic carbocycles. The zero-order valence-electron chi connectivity index (χ0n) is 25.7. The number of hydrogen-bond acceptors (Lipinski definition) is 7. The average molecular weight is 635 g/mol. The highest BCUT2D eigenvalue weighted by atomic mass is 32.1. The molecular weight excluding hydrogens is 585 g/mol. The molecule has 2 unspecified atom stereocenters. The number of aromatic nitrogens is 1. The molecule has 3 rings (SSSR count). The highest BCUT2D eigenvalue weighted by Crippen LogP contribution is 2.44. The Morgan fingerprint density at radius 2 is 1.51 bits per heavy atom. The maximum absolute atomic E-state index is 12.6. The second-order valence-corrected chi connectivity index (χ2v) is 12.7. The van der Waals surface area contributed by atoms with Crippen LogP contribution in [-0.2, 0) is 20.4 Å². The lowest BCUT2D eigenvalue weighted by molar-refractivity contribution is -0.683. The zero-order chi connectivity index (χ0) is 30.6. The number of phosphoric acid groups is 1. The van der Waals surface area contributed by atoms with Crippen LogP contribution >= 0.6 is 19.2 Å². The van der Waals surface area contributed by atoms with E-state index in [1.807, 2.05) is 58.9 Å². The van der Waals surface area contributed by atoms with E-state index in [4.69, 9.17) is 23.3 Å². The maximum atomic E-state index is 12.6. The van der Waals surface area contributed by atoms with Gasteiger partial charge in [-0.2, -0.15) is 4.57 Å². The average Bonchev–Trinajstić information content (AvgIpc) is 3.51. The fourth-order valence-electron chi connectivity index (χ4n) is 4.58. The summed E-state index contributed by atoms with van der Waals surface area (Å²) in [5, 5.41) is 1.98.